The summed E-state index contributed by atoms with van der Waals surface area (Å²) < 4.78 is 0. The van der Waals surface area contributed by atoms with E-state index in [4.69, 9.17) is 0 Å². The van der Waals surface area contributed by atoms with E-state index < -0.39 is 0 Å². The van der Waals surface area contributed by atoms with Crippen LogP contribution in [0.3, 0.4) is 0 Å². The Morgan fingerprint density at radius 1 is 1.30 bits per heavy atom. The monoisotopic (exact) mass is 269 g/mol. The number of hydrogen-bond donors (Lipinski definition) is 1. The van der Waals surface area contributed by atoms with Crippen LogP contribution in [0.1, 0.15) is 22.8 Å². The van der Waals surface area contributed by atoms with Gasteiger partial charge in [-0.1, -0.05) is 6.07 Å². The smallest absolute Gasteiger partial charge is 0.137 e. The van der Waals surface area contributed by atoms with Gasteiger partial charge >= 0.3 is 0 Å². The fourth-order valence-corrected chi connectivity index (χ4v) is 2.57. The predicted molar refractivity (Wildman–Crippen MR) is 78.5 cm³/mol. The van der Waals surface area contributed by atoms with E-state index >= 15 is 0 Å². The molecule has 20 heavy (non-hydrogen) atoms. The molecule has 0 amide bonds. The number of fused-ring (bicyclic) bond motifs is 1. The van der Waals surface area contributed by atoms with E-state index in [0.717, 1.165) is 43.4 Å². The summed E-state index contributed by atoms with van der Waals surface area (Å²) >= 11 is 0. The summed E-state index contributed by atoms with van der Waals surface area (Å²) in [6, 6.07) is 5.98. The fourth-order valence-electron chi connectivity index (χ4n) is 2.57. The Kier molecular flexibility index (Phi) is 3.60. The number of nitrogens with one attached hydrogen (secondary N) is 1. The zero-order valence-electron chi connectivity index (χ0n) is 11.9. The van der Waals surface area contributed by atoms with Crippen LogP contribution >= 0.6 is 0 Å². The molecular formula is C15H19N5. The maximum Gasteiger partial charge on any atom is 0.137 e. The standard InChI is InChI=1S/C15H19N5/c1-11-18-14-6-8-16-9-13(14)15(19-11)20(2)10-12-5-3-4-7-17-12/h3-5,7,16H,6,8-10H2,1-2H3. The van der Waals surface area contributed by atoms with E-state index in [2.05, 4.69) is 32.2 Å². The largest absolute Gasteiger partial charge is 0.353 e. The Labute approximate surface area is 119 Å². The molecule has 0 radical (unpaired) electrons. The summed E-state index contributed by atoms with van der Waals surface area (Å²) in [6.45, 7) is 4.55. The number of aryl methyl sites for hydroxylation is 1. The lowest BCUT2D eigenvalue weighted by atomic mass is 10.1. The van der Waals surface area contributed by atoms with Crippen LogP contribution in [0, 0.1) is 6.92 Å². The molecule has 0 fully saturated rings. The molecule has 2 aromatic heterocycles. The molecular weight excluding hydrogens is 250 g/mol. The average molecular weight is 269 g/mol. The van der Waals surface area contributed by atoms with Gasteiger partial charge in [0.2, 0.25) is 0 Å². The van der Waals surface area contributed by atoms with E-state index in [0.29, 0.717) is 0 Å². The first-order valence-corrected chi connectivity index (χ1v) is 6.92. The number of aromatic nitrogens is 3. The van der Waals surface area contributed by atoms with Crippen molar-refractivity contribution < 1.29 is 0 Å². The van der Waals surface area contributed by atoms with Crippen LogP contribution in [-0.2, 0) is 19.5 Å². The number of nitrogens with zero attached hydrogens (tertiary/aromatic N) is 4. The van der Waals surface area contributed by atoms with Gasteiger partial charge in [0.15, 0.2) is 0 Å². The first-order chi connectivity index (χ1) is 9.74. The third-order valence-electron chi connectivity index (χ3n) is 3.51. The first kappa shape index (κ1) is 13.0. The minimum absolute atomic E-state index is 0.754. The van der Waals surface area contributed by atoms with E-state index in [1.165, 1.54) is 11.3 Å². The molecule has 0 saturated carbocycles. The van der Waals surface area contributed by atoms with Gasteiger partial charge in [0.25, 0.3) is 0 Å². The minimum atomic E-state index is 0.754. The topological polar surface area (TPSA) is 53.9 Å². The minimum Gasteiger partial charge on any atom is -0.353 e. The Morgan fingerprint density at radius 3 is 3.00 bits per heavy atom. The zero-order chi connectivity index (χ0) is 13.9. The van der Waals surface area contributed by atoms with Crippen LogP contribution in [0.2, 0.25) is 0 Å². The van der Waals surface area contributed by atoms with Crippen LogP contribution in [0.25, 0.3) is 0 Å². The van der Waals surface area contributed by atoms with Crippen molar-refractivity contribution in [1.82, 2.24) is 20.3 Å². The molecule has 0 aliphatic carbocycles. The van der Waals surface area contributed by atoms with Gasteiger partial charge in [-0.05, 0) is 19.1 Å². The van der Waals surface area contributed by atoms with Gasteiger partial charge in [-0.2, -0.15) is 0 Å². The van der Waals surface area contributed by atoms with Crippen molar-refractivity contribution >= 4 is 5.82 Å². The highest BCUT2D eigenvalue weighted by molar-refractivity contribution is 5.49. The summed E-state index contributed by atoms with van der Waals surface area (Å²) in [5.74, 6) is 1.86. The molecule has 104 valence electrons. The van der Waals surface area contributed by atoms with Crippen LogP contribution in [0.15, 0.2) is 24.4 Å². The lowest BCUT2D eigenvalue weighted by Crippen LogP contribution is -2.29. The summed E-state index contributed by atoms with van der Waals surface area (Å²) in [5.41, 5.74) is 3.45. The molecule has 5 nitrogen and oxygen atoms in total. The number of anilines is 1. The molecule has 3 heterocycles. The maximum atomic E-state index is 4.63. The van der Waals surface area contributed by atoms with Crippen molar-refractivity contribution in [2.45, 2.75) is 26.4 Å². The Balaban J connectivity index is 1.91. The van der Waals surface area contributed by atoms with Crippen LogP contribution in [0.4, 0.5) is 5.82 Å². The van der Waals surface area contributed by atoms with Gasteiger partial charge in [-0.15, -0.1) is 0 Å². The van der Waals surface area contributed by atoms with E-state index in [1.54, 1.807) is 0 Å². The molecule has 0 bridgehead atoms. The molecule has 0 atom stereocenters. The third-order valence-corrected chi connectivity index (χ3v) is 3.51. The highest BCUT2D eigenvalue weighted by Crippen LogP contribution is 2.23. The molecule has 1 N–H and O–H groups in total. The van der Waals surface area contributed by atoms with E-state index in [1.807, 2.05) is 31.3 Å². The maximum absolute atomic E-state index is 4.63. The second-order valence-corrected chi connectivity index (χ2v) is 5.12. The molecule has 5 heteroatoms. The van der Waals surface area contributed by atoms with E-state index in [9.17, 15) is 0 Å². The van der Waals surface area contributed by atoms with Crippen molar-refractivity contribution in [1.29, 1.82) is 0 Å². The number of hydrogen-bond acceptors (Lipinski definition) is 5. The Hall–Kier alpha value is -2.01. The molecule has 1 aliphatic rings. The first-order valence-electron chi connectivity index (χ1n) is 6.92. The zero-order valence-corrected chi connectivity index (χ0v) is 11.9. The van der Waals surface area contributed by atoms with Gasteiger partial charge in [0.05, 0.1) is 17.9 Å². The molecule has 3 rings (SSSR count). The number of pyridine rings is 1. The average Bonchev–Trinajstić information content (AvgIpc) is 2.47. The number of rotatable bonds is 3. The van der Waals surface area contributed by atoms with Crippen LogP contribution < -0.4 is 10.2 Å². The Morgan fingerprint density at radius 2 is 2.20 bits per heavy atom. The van der Waals surface area contributed by atoms with Gasteiger partial charge in [0.1, 0.15) is 11.6 Å². The second-order valence-electron chi connectivity index (χ2n) is 5.12. The highest BCUT2D eigenvalue weighted by Gasteiger charge is 2.19. The van der Waals surface area contributed by atoms with Crippen LogP contribution in [-0.4, -0.2) is 28.5 Å². The van der Waals surface area contributed by atoms with Gasteiger partial charge in [-0.3, -0.25) is 4.98 Å². The Bertz CT molecular complexity index is 597. The van der Waals surface area contributed by atoms with Crippen molar-refractivity contribution in [2.75, 3.05) is 18.5 Å². The van der Waals surface area contributed by atoms with Gasteiger partial charge in [0, 0.05) is 38.3 Å². The molecule has 0 aromatic carbocycles. The highest BCUT2D eigenvalue weighted by atomic mass is 15.2. The lowest BCUT2D eigenvalue weighted by molar-refractivity contribution is 0.619. The van der Waals surface area contributed by atoms with E-state index in [-0.39, 0.29) is 0 Å². The van der Waals surface area contributed by atoms with Crippen molar-refractivity contribution in [3.05, 3.63) is 47.2 Å². The SMILES string of the molecule is Cc1nc2c(c(N(C)Cc3ccccn3)n1)CNCC2. The fraction of sp³-hybridized carbons (Fsp3) is 0.400. The molecule has 1 aliphatic heterocycles. The lowest BCUT2D eigenvalue weighted by Gasteiger charge is -2.25. The molecule has 0 saturated heterocycles. The summed E-state index contributed by atoms with van der Waals surface area (Å²) in [7, 11) is 2.06. The summed E-state index contributed by atoms with van der Waals surface area (Å²) in [5, 5.41) is 3.40. The predicted octanol–water partition coefficient (Wildman–Crippen LogP) is 1.46. The summed E-state index contributed by atoms with van der Waals surface area (Å²) in [6.07, 6.45) is 2.80. The van der Waals surface area contributed by atoms with Gasteiger partial charge in [-0.25, -0.2) is 9.97 Å². The van der Waals surface area contributed by atoms with Gasteiger partial charge < -0.3 is 10.2 Å². The van der Waals surface area contributed by atoms with Crippen molar-refractivity contribution in [2.24, 2.45) is 0 Å². The molecule has 0 spiro atoms. The second kappa shape index (κ2) is 5.54. The molecule has 0 unspecified atom stereocenters. The van der Waals surface area contributed by atoms with Crippen molar-refractivity contribution in [3.8, 4) is 0 Å². The third kappa shape index (κ3) is 2.63. The molecule has 2 aromatic rings. The normalized spacial score (nSPS) is 13.9. The quantitative estimate of drug-likeness (QED) is 0.914. The summed E-state index contributed by atoms with van der Waals surface area (Å²) in [4.78, 5) is 15.7. The van der Waals surface area contributed by atoms with Crippen molar-refractivity contribution in [3.63, 3.8) is 0 Å². The van der Waals surface area contributed by atoms with Crippen LogP contribution in [0.5, 0.6) is 0 Å².